The van der Waals surface area contributed by atoms with Crippen LogP contribution in [0.4, 0.5) is 5.69 Å². The highest BCUT2D eigenvalue weighted by atomic mass is 16.5. The average Bonchev–Trinajstić information content (AvgIpc) is 3.11. The molecule has 128 valence electrons. The van der Waals surface area contributed by atoms with E-state index in [1.165, 1.54) is 11.3 Å². The lowest BCUT2D eigenvalue weighted by Gasteiger charge is -2.29. The Morgan fingerprint density at radius 1 is 1.17 bits per heavy atom. The lowest BCUT2D eigenvalue weighted by atomic mass is 9.85. The molecule has 0 saturated carbocycles. The van der Waals surface area contributed by atoms with E-state index in [0.29, 0.717) is 13.0 Å². The second-order valence-corrected chi connectivity index (χ2v) is 7.06. The fourth-order valence-corrected chi connectivity index (χ4v) is 4.05. The Hall–Kier alpha value is -1.92. The monoisotopic (exact) mass is 329 g/mol. The van der Waals surface area contributed by atoms with Crippen molar-refractivity contribution in [2.45, 2.75) is 19.4 Å². The molecule has 0 radical (unpaired) electrons. The van der Waals surface area contributed by atoms with Crippen molar-refractivity contribution in [1.82, 2.24) is 10.2 Å². The summed E-state index contributed by atoms with van der Waals surface area (Å²) < 4.78 is 5.42. The van der Waals surface area contributed by atoms with Gasteiger partial charge in [-0.05, 0) is 30.7 Å². The van der Waals surface area contributed by atoms with E-state index in [2.05, 4.69) is 39.4 Å². The van der Waals surface area contributed by atoms with Crippen molar-refractivity contribution in [3.05, 3.63) is 29.8 Å². The predicted octanol–water partition coefficient (Wildman–Crippen LogP) is 0.762. The van der Waals surface area contributed by atoms with Gasteiger partial charge >= 0.3 is 0 Å². The zero-order valence-electron chi connectivity index (χ0n) is 13.8. The molecule has 1 aromatic rings. The minimum absolute atomic E-state index is 0.0860. The summed E-state index contributed by atoms with van der Waals surface area (Å²) in [6.45, 7) is 5.78. The quantitative estimate of drug-likeness (QED) is 0.830. The third-order valence-corrected chi connectivity index (χ3v) is 5.36. The molecule has 6 heteroatoms. The maximum absolute atomic E-state index is 12.1. The minimum Gasteiger partial charge on any atom is -0.378 e. The van der Waals surface area contributed by atoms with Gasteiger partial charge in [-0.2, -0.15) is 0 Å². The van der Waals surface area contributed by atoms with Crippen molar-refractivity contribution >= 4 is 17.5 Å². The summed E-state index contributed by atoms with van der Waals surface area (Å²) >= 11 is 0. The van der Waals surface area contributed by atoms with E-state index in [0.717, 1.165) is 45.8 Å². The van der Waals surface area contributed by atoms with Crippen LogP contribution in [0, 0.1) is 5.41 Å². The van der Waals surface area contributed by atoms with Gasteiger partial charge in [-0.25, -0.2) is 0 Å². The molecular weight excluding hydrogens is 306 g/mol. The van der Waals surface area contributed by atoms with E-state index < -0.39 is 5.41 Å². The molecule has 0 aliphatic carbocycles. The van der Waals surface area contributed by atoms with Crippen molar-refractivity contribution in [3.8, 4) is 0 Å². The SMILES string of the molecule is O=C1CC2(CCN(Cc3cccc(N4CCOCC4)c3)C2)C(=O)N1. The van der Waals surface area contributed by atoms with Crippen LogP contribution in [0.3, 0.4) is 0 Å². The van der Waals surface area contributed by atoms with Gasteiger partial charge in [0.05, 0.1) is 18.6 Å². The molecule has 1 unspecified atom stereocenters. The number of carbonyl (C=O) groups excluding carboxylic acids is 2. The fraction of sp³-hybridized carbons (Fsp3) is 0.556. The second-order valence-electron chi connectivity index (χ2n) is 7.06. The van der Waals surface area contributed by atoms with Gasteiger partial charge < -0.3 is 9.64 Å². The Morgan fingerprint density at radius 3 is 2.75 bits per heavy atom. The first kappa shape index (κ1) is 15.6. The summed E-state index contributed by atoms with van der Waals surface area (Å²) in [5.74, 6) is -0.215. The highest BCUT2D eigenvalue weighted by molar-refractivity contribution is 6.06. The van der Waals surface area contributed by atoms with E-state index in [4.69, 9.17) is 4.74 Å². The maximum atomic E-state index is 12.1. The van der Waals surface area contributed by atoms with Crippen LogP contribution in [0.1, 0.15) is 18.4 Å². The fourth-order valence-electron chi connectivity index (χ4n) is 4.05. The van der Waals surface area contributed by atoms with E-state index >= 15 is 0 Å². The molecule has 3 aliphatic rings. The van der Waals surface area contributed by atoms with Crippen LogP contribution in [0.2, 0.25) is 0 Å². The molecule has 1 N–H and O–H groups in total. The summed E-state index contributed by atoms with van der Waals surface area (Å²) in [5.41, 5.74) is 2.00. The molecule has 24 heavy (non-hydrogen) atoms. The molecule has 3 aliphatic heterocycles. The number of benzene rings is 1. The van der Waals surface area contributed by atoms with Gasteiger partial charge in [0, 0.05) is 38.3 Å². The number of carbonyl (C=O) groups is 2. The van der Waals surface area contributed by atoms with Crippen LogP contribution in [-0.4, -0.2) is 56.1 Å². The lowest BCUT2D eigenvalue weighted by Crippen LogP contribution is -2.36. The number of likely N-dealkylation sites (tertiary alicyclic amines) is 1. The largest absolute Gasteiger partial charge is 0.378 e. The van der Waals surface area contributed by atoms with E-state index in [9.17, 15) is 9.59 Å². The number of ether oxygens (including phenoxy) is 1. The molecule has 1 spiro atoms. The minimum atomic E-state index is -0.487. The van der Waals surface area contributed by atoms with E-state index in [1.54, 1.807) is 0 Å². The van der Waals surface area contributed by atoms with Crippen LogP contribution in [0.25, 0.3) is 0 Å². The molecule has 4 rings (SSSR count). The summed E-state index contributed by atoms with van der Waals surface area (Å²) in [6.07, 6.45) is 1.11. The topological polar surface area (TPSA) is 61.9 Å². The Labute approximate surface area is 141 Å². The summed E-state index contributed by atoms with van der Waals surface area (Å²) in [6, 6.07) is 8.60. The van der Waals surface area contributed by atoms with Crippen molar-refractivity contribution in [3.63, 3.8) is 0 Å². The van der Waals surface area contributed by atoms with E-state index in [1.807, 2.05) is 0 Å². The molecule has 1 aromatic carbocycles. The first-order chi connectivity index (χ1) is 11.6. The van der Waals surface area contributed by atoms with Crippen molar-refractivity contribution < 1.29 is 14.3 Å². The number of amides is 2. The molecule has 3 saturated heterocycles. The summed E-state index contributed by atoms with van der Waals surface area (Å²) in [7, 11) is 0. The van der Waals surface area contributed by atoms with Gasteiger partial charge in [-0.1, -0.05) is 12.1 Å². The normalized spacial score (nSPS) is 27.9. The highest BCUT2D eigenvalue weighted by Crippen LogP contribution is 2.38. The molecule has 0 aromatic heterocycles. The number of anilines is 1. The second kappa shape index (κ2) is 6.18. The molecule has 1 atom stereocenters. The summed E-state index contributed by atoms with van der Waals surface area (Å²) in [4.78, 5) is 28.3. The number of hydrogen-bond donors (Lipinski definition) is 1. The Kier molecular flexibility index (Phi) is 4.02. The number of nitrogens with zero attached hydrogens (tertiary/aromatic N) is 2. The third-order valence-electron chi connectivity index (χ3n) is 5.36. The molecule has 2 amide bonds. The molecule has 0 bridgehead atoms. The van der Waals surface area contributed by atoms with Crippen LogP contribution in [0.15, 0.2) is 24.3 Å². The smallest absolute Gasteiger partial charge is 0.234 e. The number of morpholine rings is 1. The predicted molar refractivity (Wildman–Crippen MR) is 89.6 cm³/mol. The number of rotatable bonds is 3. The van der Waals surface area contributed by atoms with Crippen molar-refractivity contribution in [2.24, 2.45) is 5.41 Å². The van der Waals surface area contributed by atoms with E-state index in [-0.39, 0.29) is 11.8 Å². The standard InChI is InChI=1S/C18H23N3O3/c22-16-11-18(17(23)19-16)4-5-20(13-18)12-14-2-1-3-15(10-14)21-6-8-24-9-7-21/h1-3,10H,4-9,11-13H2,(H,19,22,23). The average molecular weight is 329 g/mol. The van der Waals surface area contributed by atoms with Gasteiger partial charge in [0.15, 0.2) is 0 Å². The van der Waals surface area contributed by atoms with Crippen molar-refractivity contribution in [1.29, 1.82) is 0 Å². The zero-order valence-corrected chi connectivity index (χ0v) is 13.8. The molecule has 6 nitrogen and oxygen atoms in total. The van der Waals surface area contributed by atoms with Gasteiger partial charge in [0.25, 0.3) is 0 Å². The molecule has 3 fully saturated rings. The van der Waals surface area contributed by atoms with Gasteiger partial charge in [0.1, 0.15) is 0 Å². The number of nitrogens with one attached hydrogen (secondary N) is 1. The van der Waals surface area contributed by atoms with Crippen LogP contribution in [-0.2, 0) is 20.9 Å². The Bertz CT molecular complexity index is 657. The van der Waals surface area contributed by atoms with Gasteiger partial charge in [-0.15, -0.1) is 0 Å². The zero-order chi connectivity index (χ0) is 16.6. The van der Waals surface area contributed by atoms with Crippen LogP contribution < -0.4 is 10.2 Å². The van der Waals surface area contributed by atoms with Gasteiger partial charge in [0.2, 0.25) is 11.8 Å². The third kappa shape index (κ3) is 2.91. The number of hydrogen-bond acceptors (Lipinski definition) is 5. The van der Waals surface area contributed by atoms with Crippen LogP contribution >= 0.6 is 0 Å². The molecule has 3 heterocycles. The van der Waals surface area contributed by atoms with Crippen molar-refractivity contribution in [2.75, 3.05) is 44.3 Å². The first-order valence-corrected chi connectivity index (χ1v) is 8.63. The Morgan fingerprint density at radius 2 is 2.00 bits per heavy atom. The highest BCUT2D eigenvalue weighted by Gasteiger charge is 2.50. The summed E-state index contributed by atoms with van der Waals surface area (Å²) in [5, 5.41) is 2.46. The number of imide groups is 1. The Balaban J connectivity index is 1.43. The lowest BCUT2D eigenvalue weighted by molar-refractivity contribution is -0.128. The van der Waals surface area contributed by atoms with Gasteiger partial charge in [-0.3, -0.25) is 19.8 Å². The first-order valence-electron chi connectivity index (χ1n) is 8.63. The van der Waals surface area contributed by atoms with Crippen LogP contribution in [0.5, 0.6) is 0 Å². The maximum Gasteiger partial charge on any atom is 0.234 e. The molecular formula is C18H23N3O3.